The third-order valence-corrected chi connectivity index (χ3v) is 3.88. The van der Waals surface area contributed by atoms with Gasteiger partial charge in [-0.25, -0.2) is 0 Å². The number of halogens is 1. The highest BCUT2D eigenvalue weighted by Crippen LogP contribution is 2.07. The highest BCUT2D eigenvalue weighted by atomic mass is 35.5. The lowest BCUT2D eigenvalue weighted by Crippen LogP contribution is -2.54. The molecule has 0 spiro atoms. The molecule has 1 atom stereocenters. The quantitative estimate of drug-likeness (QED) is 0.779. The SMILES string of the molecule is COC(=O)CN1CCN(C(=O)[C@@H](N)Cc2ccccc2)CC1.Cl. The molecule has 1 heterocycles. The predicted molar refractivity (Wildman–Crippen MR) is 90.4 cm³/mol. The first-order valence-corrected chi connectivity index (χ1v) is 7.47. The van der Waals surface area contributed by atoms with Crippen molar-refractivity contribution in [2.75, 3.05) is 39.8 Å². The second-order valence-electron chi connectivity index (χ2n) is 5.47. The lowest BCUT2D eigenvalue weighted by molar-refractivity contribution is -0.142. The molecule has 23 heavy (non-hydrogen) atoms. The van der Waals surface area contributed by atoms with Gasteiger partial charge >= 0.3 is 5.97 Å². The Kier molecular flexibility index (Phi) is 8.02. The summed E-state index contributed by atoms with van der Waals surface area (Å²) in [4.78, 5) is 27.4. The summed E-state index contributed by atoms with van der Waals surface area (Å²) in [7, 11) is 1.38. The van der Waals surface area contributed by atoms with E-state index >= 15 is 0 Å². The number of nitrogens with two attached hydrogens (primary N) is 1. The average molecular weight is 342 g/mol. The number of esters is 1. The fourth-order valence-corrected chi connectivity index (χ4v) is 2.56. The zero-order valence-corrected chi connectivity index (χ0v) is 14.1. The number of carbonyl (C=O) groups excluding carboxylic acids is 2. The summed E-state index contributed by atoms with van der Waals surface area (Å²) >= 11 is 0. The molecular formula is C16H24ClN3O3. The molecule has 6 nitrogen and oxygen atoms in total. The molecule has 0 saturated carbocycles. The third kappa shape index (κ3) is 5.82. The normalized spacial score (nSPS) is 16.3. The zero-order valence-electron chi connectivity index (χ0n) is 13.3. The molecule has 2 N–H and O–H groups in total. The molecule has 128 valence electrons. The Balaban J connectivity index is 0.00000264. The van der Waals surface area contributed by atoms with Gasteiger partial charge in [-0.3, -0.25) is 14.5 Å². The number of carbonyl (C=O) groups is 2. The Hall–Kier alpha value is -1.63. The Morgan fingerprint density at radius 1 is 1.17 bits per heavy atom. The molecule has 1 aliphatic heterocycles. The third-order valence-electron chi connectivity index (χ3n) is 3.88. The van der Waals surface area contributed by atoms with E-state index in [4.69, 9.17) is 5.73 Å². The standard InChI is InChI=1S/C16H23N3O3.ClH/c1-22-15(20)12-18-7-9-19(10-8-18)16(21)14(17)11-13-5-3-2-4-6-13;/h2-6,14H,7-12,17H2,1H3;1H/t14-;/m0./s1. The second kappa shape index (κ2) is 9.50. The molecule has 1 fully saturated rings. The van der Waals surface area contributed by atoms with Gasteiger partial charge in [0.2, 0.25) is 5.91 Å². The maximum atomic E-state index is 12.4. The first kappa shape index (κ1) is 19.4. The van der Waals surface area contributed by atoms with Gasteiger partial charge in [0, 0.05) is 26.2 Å². The van der Waals surface area contributed by atoms with Crippen molar-refractivity contribution in [1.82, 2.24) is 9.80 Å². The average Bonchev–Trinajstić information content (AvgIpc) is 2.55. The second-order valence-corrected chi connectivity index (χ2v) is 5.47. The smallest absolute Gasteiger partial charge is 0.319 e. The predicted octanol–water partition coefficient (Wildman–Crippen LogP) is 0.295. The van der Waals surface area contributed by atoms with Crippen LogP contribution in [0.1, 0.15) is 5.56 Å². The summed E-state index contributed by atoms with van der Waals surface area (Å²) in [5.41, 5.74) is 7.10. The molecule has 1 aliphatic rings. The number of amides is 1. The number of piperazine rings is 1. The van der Waals surface area contributed by atoms with E-state index in [1.165, 1.54) is 7.11 Å². The highest BCUT2D eigenvalue weighted by Gasteiger charge is 2.26. The van der Waals surface area contributed by atoms with Crippen LogP contribution in [0.4, 0.5) is 0 Å². The Morgan fingerprint density at radius 3 is 2.35 bits per heavy atom. The summed E-state index contributed by atoms with van der Waals surface area (Å²) in [6.07, 6.45) is 0.544. The lowest BCUT2D eigenvalue weighted by Gasteiger charge is -2.35. The summed E-state index contributed by atoms with van der Waals surface area (Å²) in [6, 6.07) is 9.26. The van der Waals surface area contributed by atoms with Gasteiger partial charge < -0.3 is 15.4 Å². The summed E-state index contributed by atoms with van der Waals surface area (Å²) in [5.74, 6) is -0.276. The zero-order chi connectivity index (χ0) is 15.9. The van der Waals surface area contributed by atoms with E-state index < -0.39 is 6.04 Å². The van der Waals surface area contributed by atoms with Gasteiger partial charge in [0.25, 0.3) is 0 Å². The van der Waals surface area contributed by atoms with Crippen molar-refractivity contribution in [3.05, 3.63) is 35.9 Å². The molecule has 0 bridgehead atoms. The maximum absolute atomic E-state index is 12.4. The summed E-state index contributed by atoms with van der Waals surface area (Å²) in [5, 5.41) is 0. The van der Waals surface area contributed by atoms with Crippen LogP contribution in [0.5, 0.6) is 0 Å². The van der Waals surface area contributed by atoms with E-state index in [0.717, 1.165) is 5.56 Å². The molecule has 1 saturated heterocycles. The van der Waals surface area contributed by atoms with Crippen LogP contribution in [0.15, 0.2) is 30.3 Å². The molecule has 0 aromatic heterocycles. The van der Waals surface area contributed by atoms with Crippen molar-refractivity contribution in [2.45, 2.75) is 12.5 Å². The van der Waals surface area contributed by atoms with Crippen LogP contribution in [0, 0.1) is 0 Å². The molecule has 1 amide bonds. The monoisotopic (exact) mass is 341 g/mol. The molecule has 0 aliphatic carbocycles. The van der Waals surface area contributed by atoms with Crippen LogP contribution in [0.2, 0.25) is 0 Å². The van der Waals surface area contributed by atoms with E-state index in [1.807, 2.05) is 35.2 Å². The first-order chi connectivity index (χ1) is 10.6. The summed E-state index contributed by atoms with van der Waals surface area (Å²) < 4.78 is 4.65. The molecule has 2 rings (SSSR count). The largest absolute Gasteiger partial charge is 0.468 e. The summed E-state index contributed by atoms with van der Waals surface area (Å²) in [6.45, 7) is 2.79. The molecular weight excluding hydrogens is 318 g/mol. The van der Waals surface area contributed by atoms with E-state index in [0.29, 0.717) is 32.6 Å². The minimum absolute atomic E-state index is 0. The van der Waals surface area contributed by atoms with Crippen LogP contribution in [-0.4, -0.2) is 67.6 Å². The minimum atomic E-state index is -0.519. The Labute approximate surface area is 143 Å². The molecule has 1 aromatic carbocycles. The van der Waals surface area contributed by atoms with Crippen LogP contribution in [-0.2, 0) is 20.7 Å². The number of ether oxygens (including phenoxy) is 1. The Morgan fingerprint density at radius 2 is 1.78 bits per heavy atom. The number of nitrogens with zero attached hydrogens (tertiary/aromatic N) is 2. The van der Waals surface area contributed by atoms with Gasteiger partial charge in [0.15, 0.2) is 0 Å². The number of rotatable bonds is 5. The van der Waals surface area contributed by atoms with Crippen LogP contribution < -0.4 is 5.73 Å². The van der Waals surface area contributed by atoms with E-state index in [2.05, 4.69) is 4.74 Å². The topological polar surface area (TPSA) is 75.9 Å². The lowest BCUT2D eigenvalue weighted by atomic mass is 10.1. The van der Waals surface area contributed by atoms with Crippen molar-refractivity contribution in [1.29, 1.82) is 0 Å². The molecule has 7 heteroatoms. The highest BCUT2D eigenvalue weighted by molar-refractivity contribution is 5.85. The Bertz CT molecular complexity index is 505. The number of hydrogen-bond acceptors (Lipinski definition) is 5. The van der Waals surface area contributed by atoms with Gasteiger partial charge in [-0.15, -0.1) is 12.4 Å². The molecule has 1 aromatic rings. The van der Waals surface area contributed by atoms with Gasteiger partial charge in [-0.2, -0.15) is 0 Å². The molecule has 0 radical (unpaired) electrons. The van der Waals surface area contributed by atoms with Gasteiger partial charge in [0.05, 0.1) is 19.7 Å². The van der Waals surface area contributed by atoms with Gasteiger partial charge in [0.1, 0.15) is 0 Å². The minimum Gasteiger partial charge on any atom is -0.468 e. The van der Waals surface area contributed by atoms with Crippen LogP contribution >= 0.6 is 12.4 Å². The fraction of sp³-hybridized carbons (Fsp3) is 0.500. The van der Waals surface area contributed by atoms with Crippen LogP contribution in [0.3, 0.4) is 0 Å². The maximum Gasteiger partial charge on any atom is 0.319 e. The van der Waals surface area contributed by atoms with Gasteiger partial charge in [-0.05, 0) is 12.0 Å². The van der Waals surface area contributed by atoms with Crippen LogP contribution in [0.25, 0.3) is 0 Å². The van der Waals surface area contributed by atoms with Crippen molar-refractivity contribution >= 4 is 24.3 Å². The van der Waals surface area contributed by atoms with Crippen molar-refractivity contribution in [3.63, 3.8) is 0 Å². The number of benzene rings is 1. The number of methoxy groups -OCH3 is 1. The van der Waals surface area contributed by atoms with Crippen molar-refractivity contribution in [3.8, 4) is 0 Å². The van der Waals surface area contributed by atoms with E-state index in [-0.39, 0.29) is 30.8 Å². The van der Waals surface area contributed by atoms with Crippen molar-refractivity contribution in [2.24, 2.45) is 5.73 Å². The first-order valence-electron chi connectivity index (χ1n) is 7.47. The van der Waals surface area contributed by atoms with E-state index in [9.17, 15) is 9.59 Å². The molecule has 0 unspecified atom stereocenters. The van der Waals surface area contributed by atoms with Gasteiger partial charge in [-0.1, -0.05) is 30.3 Å². The number of hydrogen-bond donors (Lipinski definition) is 1. The van der Waals surface area contributed by atoms with E-state index in [1.54, 1.807) is 4.90 Å². The van der Waals surface area contributed by atoms with Crippen molar-refractivity contribution < 1.29 is 14.3 Å². The fourth-order valence-electron chi connectivity index (χ4n) is 2.56.